The second-order valence-corrected chi connectivity index (χ2v) is 5.41. The minimum atomic E-state index is 0.495. The van der Waals surface area contributed by atoms with Crippen LogP contribution < -0.4 is 10.5 Å². The van der Waals surface area contributed by atoms with Gasteiger partial charge in [0.25, 0.3) is 0 Å². The maximum Gasteiger partial charge on any atom is 0.124 e. The molecule has 2 nitrogen and oxygen atoms in total. The zero-order chi connectivity index (χ0) is 15.2. The van der Waals surface area contributed by atoms with E-state index in [-0.39, 0.29) is 0 Å². The minimum Gasteiger partial charge on any atom is -0.493 e. The highest BCUT2D eigenvalue weighted by Crippen LogP contribution is 2.27. The van der Waals surface area contributed by atoms with E-state index >= 15 is 0 Å². The molecule has 0 aliphatic carbocycles. The molecule has 3 aromatic rings. The molecule has 0 bridgehead atoms. The van der Waals surface area contributed by atoms with Crippen molar-refractivity contribution >= 4 is 10.8 Å². The van der Waals surface area contributed by atoms with Crippen molar-refractivity contribution in [1.29, 1.82) is 0 Å². The molecular formula is C20H21NO. The van der Waals surface area contributed by atoms with Gasteiger partial charge in [-0.05, 0) is 35.2 Å². The maximum atomic E-state index is 5.98. The molecule has 0 unspecified atom stereocenters. The van der Waals surface area contributed by atoms with Crippen LogP contribution in [0.4, 0.5) is 0 Å². The third-order valence-electron chi connectivity index (χ3n) is 3.91. The van der Waals surface area contributed by atoms with Crippen molar-refractivity contribution in [2.75, 3.05) is 6.61 Å². The van der Waals surface area contributed by atoms with Crippen molar-refractivity contribution < 1.29 is 4.74 Å². The summed E-state index contributed by atoms with van der Waals surface area (Å²) >= 11 is 0. The molecule has 0 atom stereocenters. The fraction of sp³-hybridized carbons (Fsp3) is 0.200. The number of nitrogens with two attached hydrogens (primary N) is 1. The highest BCUT2D eigenvalue weighted by Gasteiger charge is 2.07. The van der Waals surface area contributed by atoms with E-state index in [0.717, 1.165) is 24.2 Å². The van der Waals surface area contributed by atoms with Crippen molar-refractivity contribution in [1.82, 2.24) is 0 Å². The predicted molar refractivity (Wildman–Crippen MR) is 92.1 cm³/mol. The monoisotopic (exact) mass is 291 g/mol. The number of rotatable bonds is 6. The van der Waals surface area contributed by atoms with Crippen LogP contribution in [-0.2, 0) is 13.0 Å². The summed E-state index contributed by atoms with van der Waals surface area (Å²) in [5.74, 6) is 0.911. The number of benzene rings is 3. The minimum absolute atomic E-state index is 0.495. The highest BCUT2D eigenvalue weighted by atomic mass is 16.5. The predicted octanol–water partition coefficient (Wildman–Crippen LogP) is 4.31. The first-order chi connectivity index (χ1) is 10.9. The van der Waals surface area contributed by atoms with Gasteiger partial charge in [-0.15, -0.1) is 0 Å². The summed E-state index contributed by atoms with van der Waals surface area (Å²) in [6, 6.07) is 22.9. The first-order valence-electron chi connectivity index (χ1n) is 7.76. The molecule has 0 amide bonds. The number of aryl methyl sites for hydroxylation is 1. The summed E-state index contributed by atoms with van der Waals surface area (Å²) in [6.45, 7) is 1.20. The van der Waals surface area contributed by atoms with Gasteiger partial charge in [0.15, 0.2) is 0 Å². The number of ether oxygens (including phenoxy) is 1. The Morgan fingerprint density at radius 2 is 1.59 bits per heavy atom. The summed E-state index contributed by atoms with van der Waals surface area (Å²) in [4.78, 5) is 0. The Morgan fingerprint density at radius 1 is 0.818 bits per heavy atom. The molecule has 2 heteroatoms. The second kappa shape index (κ2) is 7.10. The molecule has 0 saturated heterocycles. The maximum absolute atomic E-state index is 5.98. The first-order valence-corrected chi connectivity index (χ1v) is 7.76. The van der Waals surface area contributed by atoms with Crippen LogP contribution in [-0.4, -0.2) is 6.61 Å². The smallest absolute Gasteiger partial charge is 0.124 e. The Bertz CT molecular complexity index is 737. The quantitative estimate of drug-likeness (QED) is 0.687. The lowest BCUT2D eigenvalue weighted by atomic mass is 10.0. The normalized spacial score (nSPS) is 10.8. The molecule has 0 aliphatic rings. The standard InChI is InChI=1S/C20H21NO/c21-15-19-18-11-5-4-10-17(18)12-13-20(19)22-14-6-9-16-7-2-1-3-8-16/h1-5,7-8,10-13H,6,9,14-15,21H2. The van der Waals surface area contributed by atoms with Crippen LogP contribution in [0.15, 0.2) is 66.7 Å². The van der Waals surface area contributed by atoms with Gasteiger partial charge in [-0.2, -0.15) is 0 Å². The van der Waals surface area contributed by atoms with E-state index < -0.39 is 0 Å². The average molecular weight is 291 g/mol. The van der Waals surface area contributed by atoms with E-state index in [4.69, 9.17) is 10.5 Å². The van der Waals surface area contributed by atoms with E-state index in [0.29, 0.717) is 13.2 Å². The molecule has 0 radical (unpaired) electrons. The van der Waals surface area contributed by atoms with Gasteiger partial charge < -0.3 is 10.5 Å². The molecule has 0 fully saturated rings. The Labute approximate surface area is 131 Å². The Balaban J connectivity index is 1.66. The first kappa shape index (κ1) is 14.6. The van der Waals surface area contributed by atoms with Crippen LogP contribution in [0.2, 0.25) is 0 Å². The topological polar surface area (TPSA) is 35.2 Å². The summed E-state index contributed by atoms with van der Waals surface area (Å²) in [7, 11) is 0. The van der Waals surface area contributed by atoms with Crippen LogP contribution in [0.1, 0.15) is 17.5 Å². The number of fused-ring (bicyclic) bond motifs is 1. The van der Waals surface area contributed by atoms with E-state index in [9.17, 15) is 0 Å². The Hall–Kier alpha value is -2.32. The van der Waals surface area contributed by atoms with Crippen LogP contribution in [0.25, 0.3) is 10.8 Å². The van der Waals surface area contributed by atoms with Gasteiger partial charge in [-0.3, -0.25) is 0 Å². The van der Waals surface area contributed by atoms with Crippen molar-refractivity contribution in [3.05, 3.63) is 77.9 Å². The SMILES string of the molecule is NCc1c(OCCCc2ccccc2)ccc2ccccc12. The second-order valence-electron chi connectivity index (χ2n) is 5.41. The summed E-state index contributed by atoms with van der Waals surface area (Å²) < 4.78 is 5.98. The summed E-state index contributed by atoms with van der Waals surface area (Å²) in [6.07, 6.45) is 2.03. The van der Waals surface area contributed by atoms with Gasteiger partial charge in [-0.1, -0.05) is 60.7 Å². The Kier molecular flexibility index (Phi) is 4.71. The third kappa shape index (κ3) is 3.29. The van der Waals surface area contributed by atoms with Crippen molar-refractivity contribution in [2.24, 2.45) is 5.73 Å². The van der Waals surface area contributed by atoms with Crippen LogP contribution in [0, 0.1) is 0 Å². The molecule has 22 heavy (non-hydrogen) atoms. The number of hydrogen-bond donors (Lipinski definition) is 1. The lowest BCUT2D eigenvalue weighted by molar-refractivity contribution is 0.308. The van der Waals surface area contributed by atoms with E-state index in [2.05, 4.69) is 42.5 Å². The molecule has 3 rings (SSSR count). The molecule has 0 heterocycles. The molecule has 0 aliphatic heterocycles. The fourth-order valence-corrected chi connectivity index (χ4v) is 2.76. The van der Waals surface area contributed by atoms with Crippen LogP contribution >= 0.6 is 0 Å². The van der Waals surface area contributed by atoms with Crippen LogP contribution in [0.3, 0.4) is 0 Å². The van der Waals surface area contributed by atoms with Gasteiger partial charge in [0, 0.05) is 12.1 Å². The van der Waals surface area contributed by atoms with Crippen LogP contribution in [0.5, 0.6) is 5.75 Å². The molecule has 112 valence electrons. The Morgan fingerprint density at radius 3 is 2.41 bits per heavy atom. The van der Waals surface area contributed by atoms with Gasteiger partial charge in [0.05, 0.1) is 6.61 Å². The van der Waals surface area contributed by atoms with Gasteiger partial charge in [0.2, 0.25) is 0 Å². The fourth-order valence-electron chi connectivity index (χ4n) is 2.76. The van der Waals surface area contributed by atoms with Gasteiger partial charge in [0.1, 0.15) is 5.75 Å². The molecule has 0 saturated carbocycles. The number of hydrogen-bond acceptors (Lipinski definition) is 2. The van der Waals surface area contributed by atoms with Gasteiger partial charge >= 0.3 is 0 Å². The molecule has 2 N–H and O–H groups in total. The van der Waals surface area contributed by atoms with E-state index in [1.54, 1.807) is 0 Å². The molecular weight excluding hydrogens is 270 g/mol. The summed E-state index contributed by atoms with van der Waals surface area (Å²) in [5.41, 5.74) is 8.38. The van der Waals surface area contributed by atoms with E-state index in [1.807, 2.05) is 24.3 Å². The third-order valence-corrected chi connectivity index (χ3v) is 3.91. The molecule has 0 aromatic heterocycles. The zero-order valence-corrected chi connectivity index (χ0v) is 12.7. The molecule has 3 aromatic carbocycles. The lowest BCUT2D eigenvalue weighted by Crippen LogP contribution is -2.05. The lowest BCUT2D eigenvalue weighted by Gasteiger charge is -2.13. The van der Waals surface area contributed by atoms with Crippen molar-refractivity contribution in [3.63, 3.8) is 0 Å². The highest BCUT2D eigenvalue weighted by molar-refractivity contribution is 5.87. The van der Waals surface area contributed by atoms with E-state index in [1.165, 1.54) is 16.3 Å². The average Bonchev–Trinajstić information content (AvgIpc) is 2.59. The van der Waals surface area contributed by atoms with Gasteiger partial charge in [-0.25, -0.2) is 0 Å². The molecule has 0 spiro atoms. The van der Waals surface area contributed by atoms with Crippen molar-refractivity contribution in [3.8, 4) is 5.75 Å². The zero-order valence-electron chi connectivity index (χ0n) is 12.7. The largest absolute Gasteiger partial charge is 0.493 e. The van der Waals surface area contributed by atoms with Crippen molar-refractivity contribution in [2.45, 2.75) is 19.4 Å². The summed E-state index contributed by atoms with van der Waals surface area (Å²) in [5, 5.41) is 2.39.